The molecule has 1 amide bonds. The summed E-state index contributed by atoms with van der Waals surface area (Å²) in [5.74, 6) is -0.301. The molecule has 3 aromatic rings. The molecule has 1 atom stereocenters. The molecular weight excluding hydrogens is 372 g/mol. The highest BCUT2D eigenvalue weighted by molar-refractivity contribution is 6.04. The van der Waals surface area contributed by atoms with Crippen LogP contribution in [-0.4, -0.2) is 39.9 Å². The van der Waals surface area contributed by atoms with E-state index in [9.17, 15) is 9.59 Å². The summed E-state index contributed by atoms with van der Waals surface area (Å²) < 4.78 is 12.3. The number of ether oxygens (including phenoxy) is 2. The number of para-hydroxylation sites is 1. The molecule has 0 saturated carbocycles. The molecule has 1 unspecified atom stereocenters. The fourth-order valence-corrected chi connectivity index (χ4v) is 3.18. The Kier molecular flexibility index (Phi) is 5.81. The van der Waals surface area contributed by atoms with Gasteiger partial charge in [-0.2, -0.15) is 5.10 Å². The number of amides is 1. The number of pyridine rings is 1. The second-order valence-electron chi connectivity index (χ2n) is 6.80. The van der Waals surface area contributed by atoms with Crippen molar-refractivity contribution in [3.63, 3.8) is 0 Å². The van der Waals surface area contributed by atoms with Gasteiger partial charge in [0, 0.05) is 24.8 Å². The number of carbonyl (C=O) groups excluding carboxylic acids is 2. The Labute approximate surface area is 168 Å². The summed E-state index contributed by atoms with van der Waals surface area (Å²) in [6, 6.07) is 9.04. The van der Waals surface area contributed by atoms with Crippen molar-refractivity contribution in [3.8, 4) is 5.75 Å². The van der Waals surface area contributed by atoms with Gasteiger partial charge in [-0.3, -0.25) is 9.48 Å². The van der Waals surface area contributed by atoms with Crippen LogP contribution in [0.1, 0.15) is 34.2 Å². The molecule has 152 valence electrons. The van der Waals surface area contributed by atoms with Crippen LogP contribution in [0.3, 0.4) is 0 Å². The lowest BCUT2D eigenvalue weighted by atomic mass is 10.1. The summed E-state index contributed by atoms with van der Waals surface area (Å²) in [6.45, 7) is 5.41. The van der Waals surface area contributed by atoms with E-state index in [1.54, 1.807) is 38.8 Å². The number of esters is 1. The average molecular weight is 396 g/mol. The number of nitrogens with zero attached hydrogens (tertiary/aromatic N) is 3. The average Bonchev–Trinajstić information content (AvgIpc) is 2.98. The van der Waals surface area contributed by atoms with Crippen molar-refractivity contribution in [2.45, 2.75) is 33.4 Å². The lowest BCUT2D eigenvalue weighted by Gasteiger charge is -2.15. The van der Waals surface area contributed by atoms with E-state index in [0.29, 0.717) is 33.7 Å². The molecule has 0 saturated heterocycles. The molecule has 8 nitrogen and oxygen atoms in total. The lowest BCUT2D eigenvalue weighted by Crippen LogP contribution is -2.35. The first kappa shape index (κ1) is 20.3. The maximum atomic E-state index is 12.8. The third kappa shape index (κ3) is 4.21. The summed E-state index contributed by atoms with van der Waals surface area (Å²) in [5.41, 5.74) is 3.13. The molecule has 0 bridgehead atoms. The van der Waals surface area contributed by atoms with E-state index in [1.165, 1.54) is 6.92 Å². The number of hydrogen-bond acceptors (Lipinski definition) is 6. The second-order valence-corrected chi connectivity index (χ2v) is 6.80. The minimum Gasteiger partial charge on any atom is -0.496 e. The van der Waals surface area contributed by atoms with Gasteiger partial charge in [-0.1, -0.05) is 18.2 Å². The zero-order chi connectivity index (χ0) is 21.1. The van der Waals surface area contributed by atoms with Gasteiger partial charge < -0.3 is 14.8 Å². The third-order valence-corrected chi connectivity index (χ3v) is 4.62. The van der Waals surface area contributed by atoms with Gasteiger partial charge in [0.1, 0.15) is 5.75 Å². The van der Waals surface area contributed by atoms with Crippen LogP contribution in [0.5, 0.6) is 5.75 Å². The Balaban J connectivity index is 1.72. The third-order valence-electron chi connectivity index (χ3n) is 4.62. The van der Waals surface area contributed by atoms with Crippen LogP contribution >= 0.6 is 0 Å². The first-order chi connectivity index (χ1) is 13.8. The Bertz CT molecular complexity index is 1070. The Hall–Kier alpha value is -3.42. The molecule has 0 fully saturated rings. The van der Waals surface area contributed by atoms with Gasteiger partial charge in [0.05, 0.1) is 23.8 Å². The maximum Gasteiger partial charge on any atom is 0.339 e. The van der Waals surface area contributed by atoms with Crippen LogP contribution in [0, 0.1) is 13.8 Å². The van der Waals surface area contributed by atoms with Crippen molar-refractivity contribution < 1.29 is 19.1 Å². The number of hydrogen-bond donors (Lipinski definition) is 1. The molecule has 2 heterocycles. The van der Waals surface area contributed by atoms with Crippen LogP contribution in [0.2, 0.25) is 0 Å². The summed E-state index contributed by atoms with van der Waals surface area (Å²) in [6.07, 6.45) is -0.960. The predicted octanol–water partition coefficient (Wildman–Crippen LogP) is 2.46. The molecule has 1 aromatic carbocycles. The highest BCUT2D eigenvalue weighted by Gasteiger charge is 2.23. The van der Waals surface area contributed by atoms with Gasteiger partial charge >= 0.3 is 5.97 Å². The highest BCUT2D eigenvalue weighted by atomic mass is 16.5. The summed E-state index contributed by atoms with van der Waals surface area (Å²) in [4.78, 5) is 29.6. The molecular formula is C21H24N4O4. The number of aryl methyl sites for hydroxylation is 3. The number of benzene rings is 1. The fraction of sp³-hybridized carbons (Fsp3) is 0.333. The second kappa shape index (κ2) is 8.30. The van der Waals surface area contributed by atoms with Gasteiger partial charge in [0.2, 0.25) is 0 Å². The predicted molar refractivity (Wildman–Crippen MR) is 108 cm³/mol. The molecule has 1 N–H and O–H groups in total. The summed E-state index contributed by atoms with van der Waals surface area (Å²) in [7, 11) is 3.34. The van der Waals surface area contributed by atoms with Crippen molar-refractivity contribution in [1.29, 1.82) is 0 Å². The Morgan fingerprint density at radius 3 is 2.69 bits per heavy atom. The number of rotatable bonds is 6. The molecule has 29 heavy (non-hydrogen) atoms. The normalized spacial score (nSPS) is 11.9. The molecule has 8 heteroatoms. The Morgan fingerprint density at radius 2 is 1.97 bits per heavy atom. The molecule has 0 aliphatic rings. The largest absolute Gasteiger partial charge is 0.496 e. The minimum atomic E-state index is -0.960. The van der Waals surface area contributed by atoms with E-state index in [0.717, 1.165) is 5.56 Å². The minimum absolute atomic E-state index is 0.269. The smallest absolute Gasteiger partial charge is 0.339 e. The fourth-order valence-electron chi connectivity index (χ4n) is 3.18. The molecule has 0 aliphatic heterocycles. The van der Waals surface area contributed by atoms with Crippen molar-refractivity contribution in [2.24, 2.45) is 7.05 Å². The van der Waals surface area contributed by atoms with Gasteiger partial charge in [-0.15, -0.1) is 0 Å². The van der Waals surface area contributed by atoms with Crippen LogP contribution in [0.4, 0.5) is 0 Å². The maximum absolute atomic E-state index is 12.8. The number of nitrogens with one attached hydrogen (secondary N) is 1. The topological polar surface area (TPSA) is 95.3 Å². The van der Waals surface area contributed by atoms with Crippen molar-refractivity contribution >= 4 is 22.9 Å². The van der Waals surface area contributed by atoms with E-state index in [1.807, 2.05) is 24.3 Å². The van der Waals surface area contributed by atoms with Crippen molar-refractivity contribution in [1.82, 2.24) is 20.1 Å². The molecule has 3 rings (SSSR count). The van der Waals surface area contributed by atoms with Crippen molar-refractivity contribution in [2.75, 3.05) is 7.11 Å². The van der Waals surface area contributed by atoms with Gasteiger partial charge in [0.25, 0.3) is 5.91 Å². The lowest BCUT2D eigenvalue weighted by molar-refractivity contribution is -0.129. The monoisotopic (exact) mass is 396 g/mol. The first-order valence-electron chi connectivity index (χ1n) is 9.23. The van der Waals surface area contributed by atoms with Crippen molar-refractivity contribution in [3.05, 3.63) is 52.8 Å². The van der Waals surface area contributed by atoms with Crippen LogP contribution in [-0.2, 0) is 23.1 Å². The highest BCUT2D eigenvalue weighted by Crippen LogP contribution is 2.23. The van der Waals surface area contributed by atoms with Gasteiger partial charge in [-0.05, 0) is 32.9 Å². The van der Waals surface area contributed by atoms with Crippen LogP contribution < -0.4 is 10.1 Å². The van der Waals surface area contributed by atoms with E-state index in [2.05, 4.69) is 15.4 Å². The number of carbonyl (C=O) groups is 2. The summed E-state index contributed by atoms with van der Waals surface area (Å²) in [5, 5.41) is 7.72. The first-order valence-corrected chi connectivity index (χ1v) is 9.23. The molecule has 0 spiro atoms. The van der Waals surface area contributed by atoms with E-state index >= 15 is 0 Å². The number of methoxy groups -OCH3 is 1. The zero-order valence-electron chi connectivity index (χ0n) is 17.1. The van der Waals surface area contributed by atoms with E-state index < -0.39 is 18.0 Å². The van der Waals surface area contributed by atoms with Crippen LogP contribution in [0.25, 0.3) is 11.0 Å². The zero-order valence-corrected chi connectivity index (χ0v) is 17.1. The Morgan fingerprint density at radius 1 is 1.24 bits per heavy atom. The number of aromatic nitrogens is 3. The SMILES string of the molecule is COc1ccccc1CNC(=O)C(C)OC(=O)c1cc(C)nc2c1c(C)nn2C. The van der Waals surface area contributed by atoms with Gasteiger partial charge in [0.15, 0.2) is 11.8 Å². The molecule has 0 aliphatic carbocycles. The summed E-state index contributed by atoms with van der Waals surface area (Å²) >= 11 is 0. The number of fused-ring (bicyclic) bond motifs is 1. The van der Waals surface area contributed by atoms with Crippen LogP contribution in [0.15, 0.2) is 30.3 Å². The quantitative estimate of drug-likeness (QED) is 0.643. The molecule has 2 aromatic heterocycles. The standard InChI is InChI=1S/C21H24N4O4/c1-12-10-16(18-13(2)24-25(4)19(18)23-12)21(27)29-14(3)20(26)22-11-15-8-6-7-9-17(15)28-5/h6-10,14H,11H2,1-5H3,(H,22,26). The van der Waals surface area contributed by atoms with Gasteiger partial charge in [-0.25, -0.2) is 9.78 Å². The van der Waals surface area contributed by atoms with E-state index in [-0.39, 0.29) is 6.54 Å². The van der Waals surface area contributed by atoms with E-state index in [4.69, 9.17) is 9.47 Å². The molecule has 0 radical (unpaired) electrons.